The van der Waals surface area contributed by atoms with Gasteiger partial charge in [-0.25, -0.2) is 0 Å². The SMILES string of the molecule is CCc1cc2ccc(CN3CCN([N+](=O)C4CCC[C@@H]4C)CC3)cc2[nH]c1=O. The molecule has 1 N–H and O–H groups in total. The van der Waals surface area contributed by atoms with Gasteiger partial charge in [0.2, 0.25) is 6.04 Å². The molecule has 1 aromatic heterocycles. The Morgan fingerprint density at radius 3 is 2.61 bits per heavy atom. The zero-order valence-corrected chi connectivity index (χ0v) is 17.0. The van der Waals surface area contributed by atoms with E-state index >= 15 is 0 Å². The van der Waals surface area contributed by atoms with E-state index in [2.05, 4.69) is 35.0 Å². The minimum Gasteiger partial charge on any atom is -0.322 e. The molecule has 6 nitrogen and oxygen atoms in total. The molecule has 1 unspecified atom stereocenters. The number of hydrazine groups is 1. The molecule has 2 atom stereocenters. The molecule has 2 aromatic rings. The van der Waals surface area contributed by atoms with Gasteiger partial charge in [-0.1, -0.05) is 26.0 Å². The monoisotopic (exact) mass is 383 g/mol. The lowest BCUT2D eigenvalue weighted by atomic mass is 10.1. The maximum atomic E-state index is 12.7. The first-order valence-electron chi connectivity index (χ1n) is 10.6. The van der Waals surface area contributed by atoms with Gasteiger partial charge in [-0.05, 0) is 42.3 Å². The zero-order chi connectivity index (χ0) is 19.7. The molecule has 0 bridgehead atoms. The molecule has 1 saturated heterocycles. The first-order chi connectivity index (χ1) is 13.5. The van der Waals surface area contributed by atoms with Crippen molar-refractivity contribution in [3.05, 3.63) is 50.7 Å². The second-order valence-electron chi connectivity index (χ2n) is 8.41. The number of rotatable bonds is 5. The van der Waals surface area contributed by atoms with Crippen LogP contribution in [-0.4, -0.2) is 52.0 Å². The number of nitrogens with zero attached hydrogens (tertiary/aromatic N) is 3. The van der Waals surface area contributed by atoms with Crippen LogP contribution in [0.1, 0.15) is 44.2 Å². The summed E-state index contributed by atoms with van der Waals surface area (Å²) < 4.78 is 0. The Labute approximate surface area is 166 Å². The molecule has 1 aromatic carbocycles. The van der Waals surface area contributed by atoms with Crippen molar-refractivity contribution in [3.63, 3.8) is 0 Å². The van der Waals surface area contributed by atoms with Crippen LogP contribution in [0.25, 0.3) is 10.9 Å². The molecular weight excluding hydrogens is 352 g/mol. The number of nitrogens with one attached hydrogen (secondary N) is 1. The standard InChI is InChI=1S/C22H30N4O2/c1-3-18-14-19-8-7-17(13-20(19)23-22(18)27)15-24-9-11-25(12-10-24)26(28)21-6-4-5-16(21)2/h7-8,13-14,16,21H,3-6,9-12,15H2,1-2H3/p+1/t16-,21?/m0/s1. The molecule has 2 fully saturated rings. The van der Waals surface area contributed by atoms with E-state index in [1.54, 1.807) is 0 Å². The van der Waals surface area contributed by atoms with Gasteiger partial charge in [0.05, 0.1) is 18.0 Å². The predicted molar refractivity (Wildman–Crippen MR) is 111 cm³/mol. The van der Waals surface area contributed by atoms with Crippen LogP contribution in [0.5, 0.6) is 0 Å². The fraction of sp³-hybridized carbons (Fsp3) is 0.591. The average molecular weight is 384 g/mol. The van der Waals surface area contributed by atoms with E-state index in [4.69, 9.17) is 0 Å². The maximum absolute atomic E-state index is 12.7. The summed E-state index contributed by atoms with van der Waals surface area (Å²) in [5.41, 5.74) is 2.94. The second-order valence-corrected chi connectivity index (χ2v) is 8.41. The Kier molecular flexibility index (Phi) is 5.49. The van der Waals surface area contributed by atoms with Crippen LogP contribution in [0.15, 0.2) is 29.1 Å². The van der Waals surface area contributed by atoms with Crippen molar-refractivity contribution in [3.8, 4) is 0 Å². The number of hydrogen-bond acceptors (Lipinski definition) is 3. The normalized spacial score (nSPS) is 23.4. The average Bonchev–Trinajstić information content (AvgIpc) is 3.13. The lowest BCUT2D eigenvalue weighted by Gasteiger charge is -2.31. The molecule has 150 valence electrons. The first-order valence-corrected chi connectivity index (χ1v) is 10.6. The Hall–Kier alpha value is -2.21. The fourth-order valence-electron chi connectivity index (χ4n) is 4.67. The number of pyridine rings is 1. The molecule has 0 amide bonds. The molecular formula is C22H31N4O2+. The highest BCUT2D eigenvalue weighted by Crippen LogP contribution is 2.28. The first kappa shape index (κ1) is 19.1. The van der Waals surface area contributed by atoms with Gasteiger partial charge in [-0.3, -0.25) is 9.69 Å². The van der Waals surface area contributed by atoms with Gasteiger partial charge in [0.25, 0.3) is 5.56 Å². The van der Waals surface area contributed by atoms with Crippen molar-refractivity contribution in [1.29, 1.82) is 0 Å². The summed E-state index contributed by atoms with van der Waals surface area (Å²) >= 11 is 0. The van der Waals surface area contributed by atoms with Crippen LogP contribution in [0.4, 0.5) is 0 Å². The molecule has 1 aliphatic heterocycles. The Bertz CT molecular complexity index is 914. The third kappa shape index (κ3) is 3.83. The van der Waals surface area contributed by atoms with Crippen molar-refractivity contribution < 1.29 is 4.87 Å². The van der Waals surface area contributed by atoms with Crippen LogP contribution in [-0.2, 0) is 13.0 Å². The number of aromatic amines is 1. The number of H-pyrrole nitrogens is 1. The summed E-state index contributed by atoms with van der Waals surface area (Å²) in [4.78, 5) is 31.5. The van der Waals surface area contributed by atoms with E-state index in [0.29, 0.717) is 5.92 Å². The minimum absolute atomic E-state index is 0.0115. The quantitative estimate of drug-likeness (QED) is 0.806. The van der Waals surface area contributed by atoms with E-state index in [9.17, 15) is 9.70 Å². The summed E-state index contributed by atoms with van der Waals surface area (Å²) in [7, 11) is 0. The highest BCUT2D eigenvalue weighted by Gasteiger charge is 2.40. The highest BCUT2D eigenvalue weighted by molar-refractivity contribution is 5.79. The summed E-state index contributed by atoms with van der Waals surface area (Å²) in [5.74, 6) is 0.503. The Morgan fingerprint density at radius 2 is 1.93 bits per heavy atom. The van der Waals surface area contributed by atoms with Gasteiger partial charge in [0, 0.05) is 43.1 Å². The third-order valence-electron chi connectivity index (χ3n) is 6.50. The molecule has 4 rings (SSSR count). The number of hydrogen-bond donors (Lipinski definition) is 1. The topological polar surface area (TPSA) is 59.4 Å². The molecule has 6 heteroatoms. The molecule has 0 spiro atoms. The number of fused-ring (bicyclic) bond motifs is 1. The van der Waals surface area contributed by atoms with Crippen molar-refractivity contribution in [2.75, 3.05) is 26.2 Å². The van der Waals surface area contributed by atoms with E-state index in [0.717, 1.165) is 62.0 Å². The largest absolute Gasteiger partial charge is 0.322 e. The van der Waals surface area contributed by atoms with E-state index < -0.39 is 0 Å². The van der Waals surface area contributed by atoms with Gasteiger partial charge in [0.15, 0.2) is 0 Å². The molecule has 0 radical (unpaired) electrons. The van der Waals surface area contributed by atoms with Gasteiger partial charge in [-0.2, -0.15) is 0 Å². The van der Waals surface area contributed by atoms with Crippen molar-refractivity contribution >= 4 is 10.9 Å². The van der Waals surface area contributed by atoms with Crippen molar-refractivity contribution in [2.24, 2.45) is 5.92 Å². The summed E-state index contributed by atoms with van der Waals surface area (Å²) in [6.45, 7) is 8.41. The van der Waals surface area contributed by atoms with Crippen LogP contribution >= 0.6 is 0 Å². The Balaban J connectivity index is 1.38. The summed E-state index contributed by atoms with van der Waals surface area (Å²) in [6, 6.07) is 8.48. The number of benzene rings is 1. The van der Waals surface area contributed by atoms with E-state index in [1.165, 1.54) is 23.3 Å². The number of nitroso groups, excluding NO2 is 1. The molecule has 1 saturated carbocycles. The third-order valence-corrected chi connectivity index (χ3v) is 6.50. The van der Waals surface area contributed by atoms with Gasteiger partial charge in [0.1, 0.15) is 4.87 Å². The van der Waals surface area contributed by atoms with Crippen molar-refractivity contribution in [2.45, 2.75) is 52.1 Å². The lowest BCUT2D eigenvalue weighted by Crippen LogP contribution is -2.52. The Morgan fingerprint density at radius 1 is 1.14 bits per heavy atom. The van der Waals surface area contributed by atoms with E-state index in [-0.39, 0.29) is 11.6 Å². The van der Waals surface area contributed by atoms with Crippen LogP contribution < -0.4 is 5.56 Å². The van der Waals surface area contributed by atoms with Crippen LogP contribution in [0.3, 0.4) is 0 Å². The van der Waals surface area contributed by atoms with Crippen LogP contribution in [0.2, 0.25) is 0 Å². The van der Waals surface area contributed by atoms with Gasteiger partial charge in [-0.15, -0.1) is 5.01 Å². The van der Waals surface area contributed by atoms with E-state index in [1.807, 2.05) is 18.0 Å². The number of aromatic nitrogens is 1. The molecule has 2 aliphatic rings. The molecule has 28 heavy (non-hydrogen) atoms. The number of piperazine rings is 1. The fourth-order valence-corrected chi connectivity index (χ4v) is 4.67. The minimum atomic E-state index is 0.0115. The van der Waals surface area contributed by atoms with Gasteiger partial charge < -0.3 is 4.98 Å². The zero-order valence-electron chi connectivity index (χ0n) is 17.0. The smallest absolute Gasteiger partial charge is 0.251 e. The lowest BCUT2D eigenvalue weighted by molar-refractivity contribution is -0.740. The summed E-state index contributed by atoms with van der Waals surface area (Å²) in [6.07, 6.45) is 4.12. The number of aryl methyl sites for hydroxylation is 1. The maximum Gasteiger partial charge on any atom is 0.251 e. The molecule has 1 aliphatic carbocycles. The highest BCUT2D eigenvalue weighted by atomic mass is 16.3. The second kappa shape index (κ2) is 8.03. The van der Waals surface area contributed by atoms with Crippen molar-refractivity contribution in [1.82, 2.24) is 14.9 Å². The molecule has 2 heterocycles. The summed E-state index contributed by atoms with van der Waals surface area (Å²) in [5, 5.41) is 3.07. The van der Waals surface area contributed by atoms with Gasteiger partial charge >= 0.3 is 0 Å². The predicted octanol–water partition coefficient (Wildman–Crippen LogP) is 3.09. The van der Waals surface area contributed by atoms with Crippen LogP contribution in [0, 0.1) is 10.8 Å².